The molecule has 0 fully saturated rings. The van der Waals surface area contributed by atoms with Gasteiger partial charge in [0, 0.05) is 5.69 Å². The van der Waals surface area contributed by atoms with Gasteiger partial charge >= 0.3 is 0 Å². The Bertz CT molecular complexity index is 1120. The first-order valence-electron chi connectivity index (χ1n) is 9.23. The van der Waals surface area contributed by atoms with Crippen molar-refractivity contribution in [2.24, 2.45) is 0 Å². The molecule has 3 aromatic carbocycles. The summed E-state index contributed by atoms with van der Waals surface area (Å²) in [4.78, 5) is 27.5. The number of amides is 2. The Hall–Kier alpha value is -3.73. The summed E-state index contributed by atoms with van der Waals surface area (Å²) in [5.41, 5.74) is 4.31. The highest BCUT2D eigenvalue weighted by Gasteiger charge is 2.40. The summed E-state index contributed by atoms with van der Waals surface area (Å²) >= 11 is 0. The van der Waals surface area contributed by atoms with E-state index in [0.29, 0.717) is 22.5 Å². The van der Waals surface area contributed by atoms with Crippen LogP contribution < -0.4 is 10.2 Å². The van der Waals surface area contributed by atoms with E-state index in [0.717, 1.165) is 16.0 Å². The Morgan fingerprint density at radius 3 is 1.86 bits per heavy atom. The number of anilines is 2. The number of halogens is 1. The lowest BCUT2D eigenvalue weighted by molar-refractivity contribution is -0.120. The minimum absolute atomic E-state index is 0.201. The van der Waals surface area contributed by atoms with Crippen LogP contribution in [-0.2, 0) is 9.59 Å². The van der Waals surface area contributed by atoms with E-state index in [2.05, 4.69) is 5.32 Å². The Balaban J connectivity index is 1.80. The third kappa shape index (κ3) is 3.55. The van der Waals surface area contributed by atoms with Crippen LogP contribution in [-0.4, -0.2) is 11.8 Å². The van der Waals surface area contributed by atoms with Gasteiger partial charge in [0.1, 0.15) is 11.5 Å². The highest BCUT2D eigenvalue weighted by molar-refractivity contribution is 6.46. The second-order valence-electron chi connectivity index (χ2n) is 7.03. The summed E-state index contributed by atoms with van der Waals surface area (Å²) < 4.78 is 13.3. The maximum atomic E-state index is 13.3. The predicted octanol–water partition coefficient (Wildman–Crippen LogP) is 4.84. The summed E-state index contributed by atoms with van der Waals surface area (Å²) in [6, 6.07) is 20.3. The van der Waals surface area contributed by atoms with E-state index in [1.54, 1.807) is 0 Å². The standard InChI is InChI=1S/C24H19FN2O2/c1-15-3-7-17(8-4-15)21-22(26-19-11-5-16(2)6-12-19)24(29)27(23(21)28)20-13-9-18(25)10-14-20/h3-14,26H,1-2H3. The van der Waals surface area contributed by atoms with Gasteiger partial charge < -0.3 is 5.32 Å². The number of carbonyl (C=O) groups is 2. The zero-order valence-corrected chi connectivity index (χ0v) is 16.1. The normalized spacial score (nSPS) is 14.0. The van der Waals surface area contributed by atoms with Crippen molar-refractivity contribution >= 4 is 28.8 Å². The smallest absolute Gasteiger partial charge is 0.282 e. The van der Waals surface area contributed by atoms with Gasteiger partial charge in [-0.2, -0.15) is 0 Å². The monoisotopic (exact) mass is 386 g/mol. The molecular weight excluding hydrogens is 367 g/mol. The van der Waals surface area contributed by atoms with Crippen LogP contribution in [0.3, 0.4) is 0 Å². The molecule has 2 amide bonds. The number of hydrogen-bond donors (Lipinski definition) is 1. The van der Waals surface area contributed by atoms with Crippen molar-refractivity contribution in [3.63, 3.8) is 0 Å². The van der Waals surface area contributed by atoms with Crippen LogP contribution in [0.25, 0.3) is 5.57 Å². The molecule has 1 heterocycles. The molecule has 0 radical (unpaired) electrons. The summed E-state index contributed by atoms with van der Waals surface area (Å²) in [5, 5.41) is 3.12. The van der Waals surface area contributed by atoms with E-state index >= 15 is 0 Å². The lowest BCUT2D eigenvalue weighted by Gasteiger charge is -2.15. The lowest BCUT2D eigenvalue weighted by Crippen LogP contribution is -2.32. The lowest BCUT2D eigenvalue weighted by atomic mass is 10.0. The average Bonchev–Trinajstić information content (AvgIpc) is 2.95. The van der Waals surface area contributed by atoms with Crippen molar-refractivity contribution < 1.29 is 14.0 Å². The molecule has 3 aromatic rings. The minimum Gasteiger partial charge on any atom is -0.350 e. The molecule has 1 aliphatic heterocycles. The van der Waals surface area contributed by atoms with Gasteiger partial charge in [-0.1, -0.05) is 47.5 Å². The first-order chi connectivity index (χ1) is 13.9. The average molecular weight is 386 g/mol. The van der Waals surface area contributed by atoms with Crippen molar-refractivity contribution in [2.75, 3.05) is 10.2 Å². The number of carbonyl (C=O) groups excluding carboxylic acids is 2. The number of aryl methyl sites for hydroxylation is 2. The van der Waals surface area contributed by atoms with Crippen molar-refractivity contribution in [1.82, 2.24) is 0 Å². The van der Waals surface area contributed by atoms with Gasteiger partial charge in [-0.15, -0.1) is 0 Å². The molecule has 0 spiro atoms. The molecule has 0 aliphatic carbocycles. The van der Waals surface area contributed by atoms with Crippen LogP contribution in [0.5, 0.6) is 0 Å². The van der Waals surface area contributed by atoms with E-state index in [9.17, 15) is 14.0 Å². The van der Waals surface area contributed by atoms with Crippen molar-refractivity contribution in [3.8, 4) is 0 Å². The molecule has 5 heteroatoms. The number of nitrogens with one attached hydrogen (secondary N) is 1. The topological polar surface area (TPSA) is 49.4 Å². The van der Waals surface area contributed by atoms with Crippen molar-refractivity contribution in [1.29, 1.82) is 0 Å². The Morgan fingerprint density at radius 2 is 1.28 bits per heavy atom. The van der Waals surface area contributed by atoms with Gasteiger partial charge in [-0.05, 0) is 55.8 Å². The molecule has 29 heavy (non-hydrogen) atoms. The van der Waals surface area contributed by atoms with Crippen molar-refractivity contribution in [2.45, 2.75) is 13.8 Å². The van der Waals surface area contributed by atoms with E-state index < -0.39 is 17.6 Å². The summed E-state index contributed by atoms with van der Waals surface area (Å²) in [6.45, 7) is 3.93. The van der Waals surface area contributed by atoms with Crippen LogP contribution in [0.4, 0.5) is 15.8 Å². The summed E-state index contributed by atoms with van der Waals surface area (Å²) in [5.74, 6) is -1.35. The molecule has 4 rings (SSSR count). The minimum atomic E-state index is -0.474. The summed E-state index contributed by atoms with van der Waals surface area (Å²) in [6.07, 6.45) is 0. The van der Waals surface area contributed by atoms with Gasteiger partial charge in [0.25, 0.3) is 11.8 Å². The fraction of sp³-hybridized carbons (Fsp3) is 0.0833. The van der Waals surface area contributed by atoms with Crippen LogP contribution in [0.15, 0.2) is 78.5 Å². The number of rotatable bonds is 4. The molecule has 0 aromatic heterocycles. The van der Waals surface area contributed by atoms with Gasteiger partial charge in [-0.3, -0.25) is 9.59 Å². The fourth-order valence-corrected chi connectivity index (χ4v) is 3.24. The van der Waals surface area contributed by atoms with Crippen LogP contribution in [0.2, 0.25) is 0 Å². The third-order valence-electron chi connectivity index (χ3n) is 4.83. The molecule has 144 valence electrons. The molecule has 1 aliphatic rings. The Morgan fingerprint density at radius 1 is 0.724 bits per heavy atom. The highest BCUT2D eigenvalue weighted by atomic mass is 19.1. The van der Waals surface area contributed by atoms with E-state index in [1.165, 1.54) is 24.3 Å². The van der Waals surface area contributed by atoms with Crippen LogP contribution in [0.1, 0.15) is 16.7 Å². The van der Waals surface area contributed by atoms with E-state index in [-0.39, 0.29) is 5.70 Å². The van der Waals surface area contributed by atoms with E-state index in [1.807, 2.05) is 62.4 Å². The maximum Gasteiger partial charge on any atom is 0.282 e. The van der Waals surface area contributed by atoms with Gasteiger partial charge in [0.05, 0.1) is 11.3 Å². The second-order valence-corrected chi connectivity index (χ2v) is 7.03. The highest BCUT2D eigenvalue weighted by Crippen LogP contribution is 2.34. The molecule has 0 unspecified atom stereocenters. The predicted molar refractivity (Wildman–Crippen MR) is 112 cm³/mol. The first kappa shape index (κ1) is 18.6. The van der Waals surface area contributed by atoms with Gasteiger partial charge in [0.15, 0.2) is 0 Å². The molecule has 0 bridgehead atoms. The second kappa shape index (κ2) is 7.36. The summed E-state index contributed by atoms with van der Waals surface area (Å²) in [7, 11) is 0. The molecule has 0 saturated carbocycles. The van der Waals surface area contributed by atoms with Crippen LogP contribution >= 0.6 is 0 Å². The fourth-order valence-electron chi connectivity index (χ4n) is 3.24. The molecule has 4 nitrogen and oxygen atoms in total. The zero-order valence-electron chi connectivity index (χ0n) is 16.1. The van der Waals surface area contributed by atoms with Gasteiger partial charge in [0.2, 0.25) is 0 Å². The SMILES string of the molecule is Cc1ccc(NC2=C(c3ccc(C)cc3)C(=O)N(c3ccc(F)cc3)C2=O)cc1. The number of hydrogen-bond acceptors (Lipinski definition) is 3. The van der Waals surface area contributed by atoms with E-state index in [4.69, 9.17) is 0 Å². The zero-order chi connectivity index (χ0) is 20.5. The maximum absolute atomic E-state index is 13.3. The number of imide groups is 1. The Labute approximate surface area is 168 Å². The largest absolute Gasteiger partial charge is 0.350 e. The molecular formula is C24H19FN2O2. The molecule has 0 saturated heterocycles. The molecule has 0 atom stereocenters. The number of nitrogens with zero attached hydrogens (tertiary/aromatic N) is 1. The Kier molecular flexibility index (Phi) is 4.72. The quantitative estimate of drug-likeness (QED) is 0.653. The molecule has 1 N–H and O–H groups in total. The van der Waals surface area contributed by atoms with Gasteiger partial charge in [-0.25, -0.2) is 9.29 Å². The van der Waals surface area contributed by atoms with Crippen molar-refractivity contribution in [3.05, 3.63) is 101 Å². The third-order valence-corrected chi connectivity index (χ3v) is 4.83. The van der Waals surface area contributed by atoms with Crippen LogP contribution in [0, 0.1) is 19.7 Å². The first-order valence-corrected chi connectivity index (χ1v) is 9.23. The number of benzene rings is 3.